The summed E-state index contributed by atoms with van der Waals surface area (Å²) in [6, 6.07) is 44.9. The van der Waals surface area contributed by atoms with Gasteiger partial charge >= 0.3 is 0 Å². The number of hydrogen-bond acceptors (Lipinski definition) is 4. The number of nitrogens with zero attached hydrogens (tertiary/aromatic N) is 3. The summed E-state index contributed by atoms with van der Waals surface area (Å²) in [6.07, 6.45) is 10.8. The monoisotopic (exact) mass is 629 g/mol. The van der Waals surface area contributed by atoms with Crippen molar-refractivity contribution in [1.82, 2.24) is 15.0 Å². The standard InChI is InChI=1S/C45H31N3O/c1-2-13-29(14-3-1)43-46-44(32-23-22-28-12-4-5-15-30(28)26-32)48-45(47-43)38-25-24-36(42-41(38)37-20-10-11-21-40(37)49-42)39-27-31-16-6-7-17-33(31)34-18-8-9-19-35(34)39/h1-3,5-11,13-27,41-42H,4,12H2. The Morgan fingerprint density at radius 1 is 0.571 bits per heavy atom. The highest BCUT2D eigenvalue weighted by Crippen LogP contribution is 2.52. The van der Waals surface area contributed by atoms with Gasteiger partial charge in [-0.05, 0) is 69.3 Å². The second-order valence-corrected chi connectivity index (χ2v) is 13.0. The van der Waals surface area contributed by atoms with Crippen LogP contribution in [0.4, 0.5) is 0 Å². The molecule has 4 heteroatoms. The predicted molar refractivity (Wildman–Crippen MR) is 199 cm³/mol. The van der Waals surface area contributed by atoms with Gasteiger partial charge in [-0.25, -0.2) is 15.0 Å². The first-order valence-corrected chi connectivity index (χ1v) is 17.0. The number of aromatic nitrogens is 3. The van der Waals surface area contributed by atoms with Crippen molar-refractivity contribution in [2.24, 2.45) is 0 Å². The first-order chi connectivity index (χ1) is 24.3. The molecule has 1 aliphatic heterocycles. The molecule has 2 atom stereocenters. The van der Waals surface area contributed by atoms with Crippen molar-refractivity contribution in [3.05, 3.63) is 174 Å². The van der Waals surface area contributed by atoms with Crippen molar-refractivity contribution >= 4 is 38.8 Å². The molecule has 7 aromatic rings. The van der Waals surface area contributed by atoms with Crippen LogP contribution in [0.15, 0.2) is 146 Å². The third-order valence-corrected chi connectivity index (χ3v) is 10.2. The number of para-hydroxylation sites is 1. The van der Waals surface area contributed by atoms with Crippen molar-refractivity contribution < 1.29 is 4.74 Å². The van der Waals surface area contributed by atoms with Gasteiger partial charge < -0.3 is 4.74 Å². The first kappa shape index (κ1) is 27.9. The topological polar surface area (TPSA) is 47.9 Å². The zero-order valence-electron chi connectivity index (χ0n) is 26.8. The molecule has 6 aromatic carbocycles. The van der Waals surface area contributed by atoms with Gasteiger partial charge in [-0.2, -0.15) is 0 Å². The Hall–Kier alpha value is -6.13. The Labute approximate surface area is 284 Å². The molecule has 0 bridgehead atoms. The van der Waals surface area contributed by atoms with E-state index in [2.05, 4.69) is 127 Å². The Kier molecular flexibility index (Phi) is 6.41. The van der Waals surface area contributed by atoms with E-state index in [1.807, 2.05) is 24.3 Å². The Morgan fingerprint density at radius 3 is 2.18 bits per heavy atom. The Morgan fingerprint density at radius 2 is 1.29 bits per heavy atom. The van der Waals surface area contributed by atoms with Crippen molar-refractivity contribution in [2.45, 2.75) is 24.9 Å². The van der Waals surface area contributed by atoms with Gasteiger partial charge in [0.2, 0.25) is 0 Å². The molecule has 0 saturated carbocycles. The summed E-state index contributed by atoms with van der Waals surface area (Å²) in [6.45, 7) is 0. The van der Waals surface area contributed by atoms with Gasteiger partial charge in [0, 0.05) is 27.8 Å². The highest BCUT2D eigenvalue weighted by atomic mass is 16.5. The smallest absolute Gasteiger partial charge is 0.164 e. The second kappa shape index (κ2) is 11.2. The summed E-state index contributed by atoms with van der Waals surface area (Å²) in [5.41, 5.74) is 9.07. The predicted octanol–water partition coefficient (Wildman–Crippen LogP) is 10.5. The molecule has 0 fully saturated rings. The number of fused-ring (bicyclic) bond motifs is 7. The molecule has 232 valence electrons. The van der Waals surface area contributed by atoms with Crippen LogP contribution in [0.1, 0.15) is 40.4 Å². The average molecular weight is 630 g/mol. The van der Waals surface area contributed by atoms with Crippen LogP contribution >= 0.6 is 0 Å². The van der Waals surface area contributed by atoms with Crippen LogP contribution < -0.4 is 4.74 Å². The van der Waals surface area contributed by atoms with E-state index in [0.29, 0.717) is 17.5 Å². The summed E-state index contributed by atoms with van der Waals surface area (Å²) >= 11 is 0. The number of rotatable bonds is 4. The van der Waals surface area contributed by atoms with Crippen LogP contribution in [0.3, 0.4) is 0 Å². The van der Waals surface area contributed by atoms with Crippen LogP contribution in [-0.2, 0) is 6.42 Å². The minimum atomic E-state index is -0.240. The van der Waals surface area contributed by atoms with E-state index >= 15 is 0 Å². The maximum atomic E-state index is 6.89. The lowest BCUT2D eigenvalue weighted by atomic mass is 9.77. The number of allylic oxidation sites excluding steroid dienone is 3. The molecule has 0 saturated heterocycles. The maximum absolute atomic E-state index is 6.89. The van der Waals surface area contributed by atoms with Gasteiger partial charge in [-0.15, -0.1) is 0 Å². The molecule has 1 aromatic heterocycles. The zero-order chi connectivity index (χ0) is 32.3. The lowest BCUT2D eigenvalue weighted by Gasteiger charge is -2.28. The minimum Gasteiger partial charge on any atom is -0.484 e. The summed E-state index contributed by atoms with van der Waals surface area (Å²) in [7, 11) is 0. The Balaban J connectivity index is 1.19. The van der Waals surface area contributed by atoms with Gasteiger partial charge in [-0.1, -0.05) is 133 Å². The van der Waals surface area contributed by atoms with Gasteiger partial charge in [0.25, 0.3) is 0 Å². The molecule has 0 radical (unpaired) electrons. The lowest BCUT2D eigenvalue weighted by molar-refractivity contribution is 0.281. The van der Waals surface area contributed by atoms with Crippen molar-refractivity contribution in [2.75, 3.05) is 0 Å². The summed E-state index contributed by atoms with van der Waals surface area (Å²) in [5, 5.41) is 4.93. The third kappa shape index (κ3) is 4.63. The average Bonchev–Trinajstić information content (AvgIpc) is 3.57. The number of hydrogen-bond donors (Lipinski definition) is 0. The zero-order valence-corrected chi connectivity index (χ0v) is 26.8. The summed E-state index contributed by atoms with van der Waals surface area (Å²) < 4.78 is 6.89. The van der Waals surface area contributed by atoms with E-state index in [1.54, 1.807) is 0 Å². The SMILES string of the molecule is C1=Cc2cc(-c3nc(C4=CC=C(c5cc6ccccc6c6ccccc56)C5Oc6ccccc6C45)nc(-c4ccccc4)n3)ccc2CC1. The molecule has 3 aliphatic rings. The quantitative estimate of drug-likeness (QED) is 0.182. The van der Waals surface area contributed by atoms with Gasteiger partial charge in [0.1, 0.15) is 11.9 Å². The fourth-order valence-electron chi connectivity index (χ4n) is 7.83. The van der Waals surface area contributed by atoms with E-state index in [1.165, 1.54) is 38.2 Å². The van der Waals surface area contributed by atoms with E-state index in [9.17, 15) is 0 Å². The number of benzene rings is 6. The van der Waals surface area contributed by atoms with E-state index in [0.717, 1.165) is 46.4 Å². The van der Waals surface area contributed by atoms with Gasteiger partial charge in [0.15, 0.2) is 17.5 Å². The number of ether oxygens (including phenoxy) is 1. The van der Waals surface area contributed by atoms with Crippen molar-refractivity contribution in [3.63, 3.8) is 0 Å². The van der Waals surface area contributed by atoms with E-state index < -0.39 is 0 Å². The lowest BCUT2D eigenvalue weighted by Crippen LogP contribution is -2.25. The van der Waals surface area contributed by atoms with Gasteiger partial charge in [-0.3, -0.25) is 0 Å². The largest absolute Gasteiger partial charge is 0.484 e. The summed E-state index contributed by atoms with van der Waals surface area (Å²) in [5.74, 6) is 2.82. The Bertz CT molecular complexity index is 2550. The number of aryl methyl sites for hydroxylation is 1. The van der Waals surface area contributed by atoms with Gasteiger partial charge in [0.05, 0.1) is 5.92 Å². The first-order valence-electron chi connectivity index (χ1n) is 17.0. The van der Waals surface area contributed by atoms with Crippen molar-refractivity contribution in [1.29, 1.82) is 0 Å². The molecule has 2 heterocycles. The molecule has 0 spiro atoms. The molecule has 10 rings (SSSR count). The second-order valence-electron chi connectivity index (χ2n) is 13.0. The molecule has 2 aliphatic carbocycles. The van der Waals surface area contributed by atoms with Crippen LogP contribution in [0.2, 0.25) is 0 Å². The van der Waals surface area contributed by atoms with Crippen LogP contribution in [0.5, 0.6) is 5.75 Å². The molecular weight excluding hydrogens is 599 g/mol. The molecular formula is C45H31N3O. The normalized spacial score (nSPS) is 17.6. The summed E-state index contributed by atoms with van der Waals surface area (Å²) in [4.78, 5) is 15.5. The van der Waals surface area contributed by atoms with E-state index in [4.69, 9.17) is 19.7 Å². The fraction of sp³-hybridized carbons (Fsp3) is 0.0889. The third-order valence-electron chi connectivity index (χ3n) is 10.2. The van der Waals surface area contributed by atoms with Crippen LogP contribution in [0.25, 0.3) is 61.5 Å². The highest BCUT2D eigenvalue weighted by Gasteiger charge is 2.43. The van der Waals surface area contributed by atoms with Crippen molar-refractivity contribution in [3.8, 4) is 28.5 Å². The maximum Gasteiger partial charge on any atom is 0.164 e. The molecule has 2 unspecified atom stereocenters. The molecule has 4 nitrogen and oxygen atoms in total. The molecule has 49 heavy (non-hydrogen) atoms. The molecule has 0 N–H and O–H groups in total. The highest BCUT2D eigenvalue weighted by molar-refractivity contribution is 6.12. The van der Waals surface area contributed by atoms with E-state index in [-0.39, 0.29) is 12.0 Å². The fourth-order valence-corrected chi connectivity index (χ4v) is 7.83. The van der Waals surface area contributed by atoms with Crippen LogP contribution in [0, 0.1) is 0 Å². The minimum absolute atomic E-state index is 0.0910. The van der Waals surface area contributed by atoms with Crippen LogP contribution in [-0.4, -0.2) is 21.1 Å². The molecule has 0 amide bonds.